The van der Waals surface area contributed by atoms with E-state index < -0.39 is 5.41 Å². The van der Waals surface area contributed by atoms with Crippen LogP contribution in [0.1, 0.15) is 72.6 Å². The van der Waals surface area contributed by atoms with Gasteiger partial charge in [-0.3, -0.25) is 4.79 Å². The lowest BCUT2D eigenvalue weighted by Gasteiger charge is -2.20. The van der Waals surface area contributed by atoms with E-state index in [1.54, 1.807) is 0 Å². The third kappa shape index (κ3) is 6.69. The van der Waals surface area contributed by atoms with Crippen LogP contribution in [0.25, 0.3) is 0 Å². The lowest BCUT2D eigenvalue weighted by molar-refractivity contribution is -0.151. The van der Waals surface area contributed by atoms with Crippen LogP contribution in [0.2, 0.25) is 0 Å². The Labute approximate surface area is 112 Å². The van der Waals surface area contributed by atoms with Crippen molar-refractivity contribution < 1.29 is 9.53 Å². The molecule has 0 aliphatic heterocycles. The van der Waals surface area contributed by atoms with E-state index in [2.05, 4.69) is 25.7 Å². The minimum Gasteiger partial charge on any atom is -0.465 e. The first-order valence-corrected chi connectivity index (χ1v) is 7.28. The Bertz CT molecular complexity index is 285. The second kappa shape index (κ2) is 10.00. The van der Waals surface area contributed by atoms with Gasteiger partial charge in [0, 0.05) is 6.42 Å². The van der Waals surface area contributed by atoms with E-state index in [-0.39, 0.29) is 5.97 Å². The maximum Gasteiger partial charge on any atom is 0.323 e. The summed E-state index contributed by atoms with van der Waals surface area (Å²) in [5.74, 6) is 6.12. The van der Waals surface area contributed by atoms with Gasteiger partial charge in [0.15, 0.2) is 0 Å². The fourth-order valence-corrected chi connectivity index (χ4v) is 1.90. The molecule has 2 heteroatoms. The van der Waals surface area contributed by atoms with E-state index in [4.69, 9.17) is 4.74 Å². The Morgan fingerprint density at radius 3 is 2.39 bits per heavy atom. The molecule has 0 aromatic heterocycles. The van der Waals surface area contributed by atoms with Crippen molar-refractivity contribution in [2.45, 2.75) is 72.6 Å². The monoisotopic (exact) mass is 252 g/mol. The molecule has 18 heavy (non-hydrogen) atoms. The summed E-state index contributed by atoms with van der Waals surface area (Å²) in [6.07, 6.45) is 7.48. The normalized spacial score (nSPS) is 13.3. The van der Waals surface area contributed by atoms with Gasteiger partial charge in [-0.05, 0) is 26.7 Å². The van der Waals surface area contributed by atoms with Gasteiger partial charge in [0.05, 0.1) is 6.61 Å². The van der Waals surface area contributed by atoms with Gasteiger partial charge >= 0.3 is 5.97 Å². The van der Waals surface area contributed by atoms with Gasteiger partial charge in [-0.25, -0.2) is 0 Å². The van der Waals surface area contributed by atoms with E-state index >= 15 is 0 Å². The average Bonchev–Trinajstić information content (AvgIpc) is 2.34. The first kappa shape index (κ1) is 17.0. The zero-order valence-corrected chi connectivity index (χ0v) is 12.5. The average molecular weight is 252 g/mol. The number of carbonyl (C=O) groups is 1. The van der Waals surface area contributed by atoms with Crippen molar-refractivity contribution in [3.05, 3.63) is 0 Å². The molecule has 1 atom stereocenters. The second-order valence-corrected chi connectivity index (χ2v) is 4.92. The van der Waals surface area contributed by atoms with E-state index in [0.29, 0.717) is 6.61 Å². The molecule has 0 aromatic rings. The van der Waals surface area contributed by atoms with Crippen LogP contribution in [0, 0.1) is 17.3 Å². The van der Waals surface area contributed by atoms with E-state index in [0.717, 1.165) is 25.7 Å². The van der Waals surface area contributed by atoms with E-state index in [1.807, 2.05) is 13.8 Å². The van der Waals surface area contributed by atoms with Crippen molar-refractivity contribution in [2.75, 3.05) is 6.61 Å². The number of esters is 1. The number of carbonyl (C=O) groups excluding carboxylic acids is 1. The highest BCUT2D eigenvalue weighted by Crippen LogP contribution is 2.24. The lowest BCUT2D eigenvalue weighted by Crippen LogP contribution is -2.28. The summed E-state index contributed by atoms with van der Waals surface area (Å²) in [6, 6.07) is 0. The van der Waals surface area contributed by atoms with E-state index in [9.17, 15) is 4.79 Å². The molecule has 2 nitrogen and oxygen atoms in total. The first-order valence-electron chi connectivity index (χ1n) is 7.28. The van der Waals surface area contributed by atoms with Crippen molar-refractivity contribution in [1.82, 2.24) is 0 Å². The van der Waals surface area contributed by atoms with Crippen LogP contribution >= 0.6 is 0 Å². The molecule has 0 fully saturated rings. The fraction of sp³-hybridized carbons (Fsp3) is 0.812. The zero-order valence-electron chi connectivity index (χ0n) is 12.5. The topological polar surface area (TPSA) is 26.3 Å². The Morgan fingerprint density at radius 2 is 1.83 bits per heavy atom. The van der Waals surface area contributed by atoms with Crippen molar-refractivity contribution in [3.8, 4) is 11.8 Å². The van der Waals surface area contributed by atoms with Gasteiger partial charge in [0.2, 0.25) is 0 Å². The Hall–Kier alpha value is -0.970. The van der Waals surface area contributed by atoms with Crippen LogP contribution in [0.15, 0.2) is 0 Å². The number of rotatable bonds is 8. The predicted octanol–water partition coefficient (Wildman–Crippen LogP) is 4.33. The molecular formula is C16H28O2. The SMILES string of the molecule is CCCCCCC#CC(C)(CCC)C(=O)OCC. The highest BCUT2D eigenvalue weighted by atomic mass is 16.5. The number of unbranched alkanes of at least 4 members (excludes halogenated alkanes) is 4. The molecule has 0 radical (unpaired) electrons. The smallest absolute Gasteiger partial charge is 0.323 e. The zero-order chi connectivity index (χ0) is 13.9. The molecule has 104 valence electrons. The summed E-state index contributed by atoms with van der Waals surface area (Å²) in [5.41, 5.74) is -0.616. The van der Waals surface area contributed by atoms with Crippen LogP contribution in [-0.4, -0.2) is 12.6 Å². The van der Waals surface area contributed by atoms with Gasteiger partial charge in [0.25, 0.3) is 0 Å². The highest BCUT2D eigenvalue weighted by Gasteiger charge is 2.31. The van der Waals surface area contributed by atoms with Gasteiger partial charge in [-0.15, -0.1) is 5.92 Å². The molecule has 0 heterocycles. The van der Waals surface area contributed by atoms with Crippen LogP contribution in [0.3, 0.4) is 0 Å². The number of ether oxygens (including phenoxy) is 1. The molecule has 0 N–H and O–H groups in total. The van der Waals surface area contributed by atoms with Crippen LogP contribution in [0.5, 0.6) is 0 Å². The standard InChI is InChI=1S/C16H28O2/c1-5-8-9-10-11-12-14-16(4,13-6-2)15(17)18-7-3/h5-11,13H2,1-4H3. The number of hydrogen-bond donors (Lipinski definition) is 0. The highest BCUT2D eigenvalue weighted by molar-refractivity contribution is 5.80. The third-order valence-electron chi connectivity index (χ3n) is 3.00. The molecule has 0 aromatic carbocycles. The quantitative estimate of drug-likeness (QED) is 0.365. The largest absolute Gasteiger partial charge is 0.465 e. The maximum atomic E-state index is 11.9. The van der Waals surface area contributed by atoms with Gasteiger partial charge in [0.1, 0.15) is 5.41 Å². The summed E-state index contributed by atoms with van der Waals surface area (Å²) in [4.78, 5) is 11.9. The molecule has 0 saturated carbocycles. The summed E-state index contributed by atoms with van der Waals surface area (Å²) in [6.45, 7) is 8.43. The van der Waals surface area contributed by atoms with Gasteiger partial charge in [-0.2, -0.15) is 0 Å². The van der Waals surface area contributed by atoms with Gasteiger partial charge in [-0.1, -0.05) is 45.5 Å². The summed E-state index contributed by atoms with van der Waals surface area (Å²) < 4.78 is 5.11. The molecule has 0 aliphatic carbocycles. The summed E-state index contributed by atoms with van der Waals surface area (Å²) >= 11 is 0. The van der Waals surface area contributed by atoms with Crippen molar-refractivity contribution >= 4 is 5.97 Å². The Morgan fingerprint density at radius 1 is 1.11 bits per heavy atom. The van der Waals surface area contributed by atoms with Gasteiger partial charge < -0.3 is 4.74 Å². The molecular weight excluding hydrogens is 224 g/mol. The minimum absolute atomic E-state index is 0.173. The second-order valence-electron chi connectivity index (χ2n) is 4.92. The van der Waals surface area contributed by atoms with Crippen molar-refractivity contribution in [1.29, 1.82) is 0 Å². The summed E-state index contributed by atoms with van der Waals surface area (Å²) in [7, 11) is 0. The minimum atomic E-state index is -0.616. The van der Waals surface area contributed by atoms with E-state index in [1.165, 1.54) is 19.3 Å². The predicted molar refractivity (Wildman–Crippen MR) is 76.2 cm³/mol. The lowest BCUT2D eigenvalue weighted by atomic mass is 9.86. The third-order valence-corrected chi connectivity index (χ3v) is 3.00. The van der Waals surface area contributed by atoms with Crippen molar-refractivity contribution in [3.63, 3.8) is 0 Å². The number of hydrogen-bond acceptors (Lipinski definition) is 2. The summed E-state index contributed by atoms with van der Waals surface area (Å²) in [5, 5.41) is 0. The van der Waals surface area contributed by atoms with Crippen LogP contribution < -0.4 is 0 Å². The molecule has 0 saturated heterocycles. The molecule has 0 rings (SSSR count). The Balaban J connectivity index is 4.33. The fourth-order valence-electron chi connectivity index (χ4n) is 1.90. The Kier molecular flexibility index (Phi) is 9.46. The molecule has 0 spiro atoms. The maximum absolute atomic E-state index is 11.9. The first-order chi connectivity index (χ1) is 8.60. The van der Waals surface area contributed by atoms with Crippen LogP contribution in [0.4, 0.5) is 0 Å². The molecule has 0 bridgehead atoms. The van der Waals surface area contributed by atoms with Crippen molar-refractivity contribution in [2.24, 2.45) is 5.41 Å². The molecule has 0 aliphatic rings. The van der Waals surface area contributed by atoms with Crippen LogP contribution in [-0.2, 0) is 9.53 Å². The molecule has 0 amide bonds. The molecule has 1 unspecified atom stereocenters.